The maximum Gasteiger partial charge on any atom is 0.244 e. The first-order valence-corrected chi connectivity index (χ1v) is 11.9. The van der Waals surface area contributed by atoms with Crippen LogP contribution in [0.5, 0.6) is 0 Å². The third kappa shape index (κ3) is 7.67. The summed E-state index contributed by atoms with van der Waals surface area (Å²) in [6.45, 7) is 5.39. The monoisotopic (exact) mass is 510 g/mol. The van der Waals surface area contributed by atoms with Crippen molar-refractivity contribution >= 4 is 38.3 Å². The highest BCUT2D eigenvalue weighted by atomic mass is 127. The molecule has 0 aliphatic rings. The van der Waals surface area contributed by atoms with Crippen LogP contribution in [-0.4, -0.2) is 44.6 Å². The fourth-order valence-corrected chi connectivity index (χ4v) is 5.57. The summed E-state index contributed by atoms with van der Waals surface area (Å²) in [7, 11) is -1.62. The van der Waals surface area contributed by atoms with Crippen molar-refractivity contribution in [1.82, 2.24) is 10.9 Å². The van der Waals surface area contributed by atoms with E-state index in [9.17, 15) is 13.2 Å². The number of carbonyl (C=O) groups is 1. The second-order valence-corrected chi connectivity index (χ2v) is 11.3. The molecular formula is C19H31IN2O4S. The maximum absolute atomic E-state index is 12.7. The molecule has 3 N–H and O–H groups in total. The fraction of sp³-hybridized carbons (Fsp3) is 0.632. The predicted octanol–water partition coefficient (Wildman–Crippen LogP) is 2.40. The number of sulfone groups is 1. The van der Waals surface area contributed by atoms with Crippen LogP contribution in [0, 0.1) is 8.99 Å². The summed E-state index contributed by atoms with van der Waals surface area (Å²) >= 11 is 2.23. The Balaban J connectivity index is 2.90. The van der Waals surface area contributed by atoms with Crippen LogP contribution in [0.15, 0.2) is 24.3 Å². The third-order valence-corrected chi connectivity index (χ3v) is 7.44. The van der Waals surface area contributed by atoms with Crippen LogP contribution in [0.25, 0.3) is 0 Å². The van der Waals surface area contributed by atoms with E-state index >= 15 is 0 Å². The van der Waals surface area contributed by atoms with Crippen LogP contribution < -0.4 is 10.9 Å². The second-order valence-electron chi connectivity index (χ2n) is 7.88. The minimum absolute atomic E-state index is 0.0310. The van der Waals surface area contributed by atoms with Gasteiger partial charge in [0.1, 0.15) is 0 Å². The molecule has 0 spiro atoms. The number of halogens is 1. The summed E-state index contributed by atoms with van der Waals surface area (Å²) in [5.74, 6) is -0.289. The van der Waals surface area contributed by atoms with Crippen molar-refractivity contribution in [2.45, 2.75) is 45.4 Å². The molecule has 154 valence electrons. The molecular weight excluding hydrogens is 479 g/mol. The molecule has 0 aliphatic heterocycles. The molecule has 1 atom stereocenters. The Bertz CT molecular complexity index is 737. The number of aliphatic hydroxyl groups excluding tert-OH is 1. The lowest BCUT2D eigenvalue weighted by Gasteiger charge is -2.31. The molecule has 0 bridgehead atoms. The van der Waals surface area contributed by atoms with Gasteiger partial charge in [0.25, 0.3) is 0 Å². The number of carbonyl (C=O) groups excluding carboxylic acids is 1. The van der Waals surface area contributed by atoms with Gasteiger partial charge in [-0.3, -0.25) is 10.2 Å². The van der Waals surface area contributed by atoms with Crippen molar-refractivity contribution in [3.05, 3.63) is 33.4 Å². The van der Waals surface area contributed by atoms with Crippen molar-refractivity contribution in [2.75, 3.05) is 25.2 Å². The number of hydrazine groups is 1. The molecule has 1 amide bonds. The van der Waals surface area contributed by atoms with Crippen LogP contribution in [0.2, 0.25) is 0 Å². The third-order valence-electron chi connectivity index (χ3n) is 4.74. The number of hydrogen-bond donors (Lipinski definition) is 3. The first-order chi connectivity index (χ1) is 12.5. The van der Waals surface area contributed by atoms with Gasteiger partial charge in [0, 0.05) is 10.6 Å². The van der Waals surface area contributed by atoms with E-state index < -0.39 is 20.7 Å². The maximum atomic E-state index is 12.7. The van der Waals surface area contributed by atoms with Gasteiger partial charge in [0.05, 0.1) is 23.5 Å². The molecule has 0 aromatic heterocycles. The molecule has 6 nitrogen and oxygen atoms in total. The summed E-state index contributed by atoms with van der Waals surface area (Å²) in [5.41, 5.74) is 5.20. The molecule has 8 heteroatoms. The van der Waals surface area contributed by atoms with E-state index in [4.69, 9.17) is 5.11 Å². The van der Waals surface area contributed by atoms with Gasteiger partial charge < -0.3 is 5.11 Å². The first kappa shape index (κ1) is 24.3. The van der Waals surface area contributed by atoms with E-state index in [0.717, 1.165) is 9.13 Å². The van der Waals surface area contributed by atoms with Gasteiger partial charge in [-0.1, -0.05) is 32.4 Å². The Morgan fingerprint density at radius 3 is 2.44 bits per heavy atom. The molecule has 1 aromatic rings. The average molecular weight is 510 g/mol. The highest BCUT2D eigenvalue weighted by Crippen LogP contribution is 2.34. The van der Waals surface area contributed by atoms with Gasteiger partial charge >= 0.3 is 0 Å². The van der Waals surface area contributed by atoms with Crippen molar-refractivity contribution in [3.8, 4) is 0 Å². The van der Waals surface area contributed by atoms with E-state index in [-0.39, 0.29) is 24.0 Å². The zero-order valence-corrected chi connectivity index (χ0v) is 19.5. The lowest BCUT2D eigenvalue weighted by molar-refractivity contribution is -0.127. The Kier molecular flexibility index (Phi) is 9.17. The van der Waals surface area contributed by atoms with Crippen molar-refractivity contribution in [1.29, 1.82) is 0 Å². The van der Waals surface area contributed by atoms with Crippen LogP contribution in [0.3, 0.4) is 0 Å². The number of rotatable bonds is 11. The summed E-state index contributed by atoms with van der Waals surface area (Å²) in [4.78, 5) is 12.7. The Hall–Kier alpha value is -0.710. The van der Waals surface area contributed by atoms with E-state index in [1.54, 1.807) is 7.05 Å². The zero-order valence-electron chi connectivity index (χ0n) is 16.5. The Morgan fingerprint density at radius 1 is 1.22 bits per heavy atom. The Labute approximate surface area is 176 Å². The lowest BCUT2D eigenvalue weighted by Crippen LogP contribution is -2.47. The minimum Gasteiger partial charge on any atom is -0.395 e. The number of aliphatic hydroxyl groups is 1. The molecule has 0 saturated carbocycles. The van der Waals surface area contributed by atoms with E-state index in [2.05, 4.69) is 33.4 Å². The quantitative estimate of drug-likeness (QED) is 0.314. The summed E-state index contributed by atoms with van der Waals surface area (Å²) in [6, 6.07) is 7.88. The van der Waals surface area contributed by atoms with Gasteiger partial charge in [-0.25, -0.2) is 13.8 Å². The smallest absolute Gasteiger partial charge is 0.244 e. The minimum atomic E-state index is -3.28. The van der Waals surface area contributed by atoms with Crippen LogP contribution >= 0.6 is 22.6 Å². The van der Waals surface area contributed by atoms with Gasteiger partial charge in [0.2, 0.25) is 5.91 Å². The van der Waals surface area contributed by atoms with Gasteiger partial charge in [-0.05, 0) is 65.5 Å². The molecule has 1 rings (SSSR count). The predicted molar refractivity (Wildman–Crippen MR) is 117 cm³/mol. The molecule has 27 heavy (non-hydrogen) atoms. The van der Waals surface area contributed by atoms with Gasteiger partial charge in [-0.15, -0.1) is 0 Å². The van der Waals surface area contributed by atoms with Crippen LogP contribution in [-0.2, 0) is 20.0 Å². The normalized spacial score (nSPS) is 14.6. The van der Waals surface area contributed by atoms with Crippen LogP contribution in [0.4, 0.5) is 0 Å². The molecule has 0 saturated heterocycles. The topological polar surface area (TPSA) is 95.5 Å². The van der Waals surface area contributed by atoms with Crippen LogP contribution in [0.1, 0.15) is 45.6 Å². The molecule has 0 unspecified atom stereocenters. The highest BCUT2D eigenvalue weighted by molar-refractivity contribution is 14.1. The number of nitrogens with one attached hydrogen (secondary N) is 2. The van der Waals surface area contributed by atoms with Crippen molar-refractivity contribution < 1.29 is 18.3 Å². The Morgan fingerprint density at radius 2 is 1.89 bits per heavy atom. The second kappa shape index (κ2) is 10.2. The summed E-state index contributed by atoms with van der Waals surface area (Å²) < 4.78 is 25.1. The summed E-state index contributed by atoms with van der Waals surface area (Å²) in [6.07, 6.45) is 1.98. The molecule has 0 aliphatic carbocycles. The fourth-order valence-electron chi connectivity index (χ4n) is 3.27. The average Bonchev–Trinajstić information content (AvgIpc) is 2.53. The largest absolute Gasteiger partial charge is 0.395 e. The highest BCUT2D eigenvalue weighted by Gasteiger charge is 2.36. The summed E-state index contributed by atoms with van der Waals surface area (Å²) in [5, 5.41) is 8.91. The number of amides is 1. The number of benzene rings is 1. The SMILES string of the molecule is CNNC(=O)[C@](C)(CCCC(C)(C)CS(=O)(=O)CCO)c1cccc(I)c1. The standard InChI is InChI=1S/C19H31IN2O4S/c1-18(2,14-27(25,26)12-11-23)9-6-10-19(3,17(24)22-21-4)15-7-5-8-16(20)13-15/h5,7-8,13,21,23H,6,9-12,14H2,1-4H3,(H,22,24)/t19-/m1/s1. The van der Waals surface area contributed by atoms with Crippen molar-refractivity contribution in [2.24, 2.45) is 5.41 Å². The van der Waals surface area contributed by atoms with Gasteiger partial charge in [0.15, 0.2) is 9.84 Å². The molecule has 0 fully saturated rings. The number of hydrogen-bond acceptors (Lipinski definition) is 5. The van der Waals surface area contributed by atoms with E-state index in [1.165, 1.54) is 0 Å². The first-order valence-electron chi connectivity index (χ1n) is 9.00. The van der Waals surface area contributed by atoms with E-state index in [0.29, 0.717) is 19.3 Å². The van der Waals surface area contributed by atoms with E-state index in [1.807, 2.05) is 45.0 Å². The zero-order chi connectivity index (χ0) is 20.7. The van der Waals surface area contributed by atoms with Crippen molar-refractivity contribution in [3.63, 3.8) is 0 Å². The van der Waals surface area contributed by atoms with Gasteiger partial charge in [-0.2, -0.15) is 0 Å². The lowest BCUT2D eigenvalue weighted by atomic mass is 9.75. The molecule has 1 aromatic carbocycles. The molecule has 0 radical (unpaired) electrons. The molecule has 0 heterocycles.